The molecule has 0 heterocycles. The molecule has 0 saturated heterocycles. The van der Waals surface area contributed by atoms with Gasteiger partial charge < -0.3 is 9.84 Å². The second-order valence-electron chi connectivity index (χ2n) is 5.71. The Hall–Kier alpha value is -1.35. The fourth-order valence-corrected chi connectivity index (χ4v) is 1.66. The molecule has 0 saturated carbocycles. The van der Waals surface area contributed by atoms with E-state index in [2.05, 4.69) is 0 Å². The number of aliphatic hydroxyl groups is 1. The Morgan fingerprint density at radius 1 is 1.28 bits per heavy atom. The van der Waals surface area contributed by atoms with Crippen LogP contribution in [0, 0.1) is 5.41 Å². The normalized spacial score (nSPS) is 14.9. The van der Waals surface area contributed by atoms with Crippen LogP contribution in [0.1, 0.15) is 44.5 Å². The molecule has 18 heavy (non-hydrogen) atoms. The lowest BCUT2D eigenvalue weighted by atomic mass is 9.86. The van der Waals surface area contributed by atoms with Crippen molar-refractivity contribution in [3.8, 4) is 0 Å². The number of carbonyl (C=O) groups excluding carboxylic acids is 1. The maximum absolute atomic E-state index is 12.0. The van der Waals surface area contributed by atoms with Gasteiger partial charge in [-0.25, -0.2) is 4.79 Å². The van der Waals surface area contributed by atoms with Crippen LogP contribution < -0.4 is 0 Å². The van der Waals surface area contributed by atoms with Gasteiger partial charge in [0.25, 0.3) is 0 Å². The molecule has 1 aromatic rings. The Labute approximate surface area is 109 Å². The first-order valence-electron chi connectivity index (χ1n) is 6.25. The zero-order valence-electron chi connectivity index (χ0n) is 11.5. The number of hydrogen-bond acceptors (Lipinski definition) is 3. The minimum absolute atomic E-state index is 0.193. The van der Waals surface area contributed by atoms with Crippen LogP contribution in [-0.2, 0) is 4.74 Å². The van der Waals surface area contributed by atoms with E-state index in [9.17, 15) is 9.90 Å². The Bertz CT molecular complexity index is 376. The summed E-state index contributed by atoms with van der Waals surface area (Å²) in [6, 6.07) is 8.91. The van der Waals surface area contributed by atoms with E-state index in [0.29, 0.717) is 12.0 Å². The molecule has 0 radical (unpaired) electrons. The highest BCUT2D eigenvalue weighted by molar-refractivity contribution is 5.89. The van der Waals surface area contributed by atoms with Gasteiger partial charge in [-0.15, -0.1) is 0 Å². The van der Waals surface area contributed by atoms with Crippen molar-refractivity contribution in [1.29, 1.82) is 0 Å². The predicted octanol–water partition coefficient (Wildman–Crippen LogP) is 3.03. The van der Waals surface area contributed by atoms with Gasteiger partial charge in [-0.05, 0) is 24.5 Å². The van der Waals surface area contributed by atoms with Gasteiger partial charge in [-0.3, -0.25) is 0 Å². The summed E-state index contributed by atoms with van der Waals surface area (Å²) in [5, 5.41) is 9.48. The van der Waals surface area contributed by atoms with Crippen LogP contribution >= 0.6 is 0 Å². The molecule has 0 aliphatic carbocycles. The molecule has 2 atom stereocenters. The van der Waals surface area contributed by atoms with Crippen molar-refractivity contribution in [3.63, 3.8) is 0 Å². The van der Waals surface area contributed by atoms with Gasteiger partial charge >= 0.3 is 5.97 Å². The van der Waals surface area contributed by atoms with Gasteiger partial charge in [0.1, 0.15) is 6.10 Å². The standard InChI is InChI=1S/C15H22O3/c1-11(16)10-13(15(2,3)4)18-14(17)12-8-6-5-7-9-12/h5-9,11,13,16H,10H2,1-4H3/t11-,13+/m1/s1. The lowest BCUT2D eigenvalue weighted by molar-refractivity contribution is -0.0212. The lowest BCUT2D eigenvalue weighted by Gasteiger charge is -2.31. The van der Waals surface area contributed by atoms with Crippen molar-refractivity contribution in [2.24, 2.45) is 5.41 Å². The highest BCUT2D eigenvalue weighted by atomic mass is 16.5. The number of aliphatic hydroxyl groups excluding tert-OH is 1. The van der Waals surface area contributed by atoms with E-state index in [-0.39, 0.29) is 17.5 Å². The van der Waals surface area contributed by atoms with Crippen molar-refractivity contribution >= 4 is 5.97 Å². The van der Waals surface area contributed by atoms with Crippen LogP contribution in [0.2, 0.25) is 0 Å². The van der Waals surface area contributed by atoms with E-state index in [1.165, 1.54) is 0 Å². The molecule has 0 aliphatic heterocycles. The van der Waals surface area contributed by atoms with Gasteiger partial charge in [0, 0.05) is 6.42 Å². The molecule has 1 aromatic carbocycles. The first kappa shape index (κ1) is 14.7. The number of hydrogen-bond donors (Lipinski definition) is 1. The maximum atomic E-state index is 12.0. The van der Waals surface area contributed by atoms with E-state index in [1.54, 1.807) is 31.2 Å². The zero-order valence-corrected chi connectivity index (χ0v) is 11.5. The molecule has 0 bridgehead atoms. The van der Waals surface area contributed by atoms with Crippen LogP contribution in [0.5, 0.6) is 0 Å². The number of carbonyl (C=O) groups is 1. The Morgan fingerprint density at radius 2 is 1.83 bits per heavy atom. The van der Waals surface area contributed by atoms with Gasteiger partial charge in [0.2, 0.25) is 0 Å². The summed E-state index contributed by atoms with van der Waals surface area (Å²) < 4.78 is 5.51. The van der Waals surface area contributed by atoms with Crippen LogP contribution in [0.15, 0.2) is 30.3 Å². The summed E-state index contributed by atoms with van der Waals surface area (Å²) in [6.45, 7) is 7.70. The quantitative estimate of drug-likeness (QED) is 0.835. The molecular weight excluding hydrogens is 228 g/mol. The van der Waals surface area contributed by atoms with E-state index < -0.39 is 6.10 Å². The molecular formula is C15H22O3. The summed E-state index contributed by atoms with van der Waals surface area (Å²) in [6.07, 6.45) is -0.342. The molecule has 100 valence electrons. The number of esters is 1. The molecule has 0 amide bonds. The SMILES string of the molecule is C[C@@H](O)C[C@H](OC(=O)c1ccccc1)C(C)(C)C. The van der Waals surface area contributed by atoms with E-state index >= 15 is 0 Å². The molecule has 0 spiro atoms. The third-order valence-electron chi connectivity index (χ3n) is 2.78. The largest absolute Gasteiger partial charge is 0.458 e. The Morgan fingerprint density at radius 3 is 2.28 bits per heavy atom. The average molecular weight is 250 g/mol. The van der Waals surface area contributed by atoms with Crippen molar-refractivity contribution in [2.75, 3.05) is 0 Å². The monoisotopic (exact) mass is 250 g/mol. The average Bonchev–Trinajstić information content (AvgIpc) is 2.27. The zero-order chi connectivity index (χ0) is 13.8. The second-order valence-corrected chi connectivity index (χ2v) is 5.71. The predicted molar refractivity (Wildman–Crippen MR) is 71.4 cm³/mol. The Kier molecular flexibility index (Phi) is 4.91. The highest BCUT2D eigenvalue weighted by Crippen LogP contribution is 2.27. The van der Waals surface area contributed by atoms with Crippen molar-refractivity contribution in [3.05, 3.63) is 35.9 Å². The van der Waals surface area contributed by atoms with E-state index in [1.807, 2.05) is 26.8 Å². The smallest absolute Gasteiger partial charge is 0.338 e. The summed E-state index contributed by atoms with van der Waals surface area (Å²) in [7, 11) is 0. The van der Waals surface area contributed by atoms with Gasteiger partial charge in [-0.1, -0.05) is 39.0 Å². The Balaban J connectivity index is 2.75. The topological polar surface area (TPSA) is 46.5 Å². The fourth-order valence-electron chi connectivity index (χ4n) is 1.66. The van der Waals surface area contributed by atoms with Crippen LogP contribution in [-0.4, -0.2) is 23.3 Å². The first-order chi connectivity index (χ1) is 8.30. The molecule has 1 N–H and O–H groups in total. The van der Waals surface area contributed by atoms with Crippen LogP contribution in [0.4, 0.5) is 0 Å². The molecule has 0 aliphatic rings. The second kappa shape index (κ2) is 6.01. The van der Waals surface area contributed by atoms with Crippen LogP contribution in [0.3, 0.4) is 0 Å². The minimum atomic E-state index is -0.488. The van der Waals surface area contributed by atoms with Gasteiger partial charge in [-0.2, -0.15) is 0 Å². The molecule has 3 heteroatoms. The maximum Gasteiger partial charge on any atom is 0.338 e. The number of ether oxygens (including phenoxy) is 1. The summed E-state index contributed by atoms with van der Waals surface area (Å²) in [5.41, 5.74) is 0.346. The fraction of sp³-hybridized carbons (Fsp3) is 0.533. The van der Waals surface area contributed by atoms with Crippen molar-refractivity contribution in [1.82, 2.24) is 0 Å². The third-order valence-corrected chi connectivity index (χ3v) is 2.78. The van der Waals surface area contributed by atoms with Crippen molar-refractivity contribution < 1.29 is 14.6 Å². The van der Waals surface area contributed by atoms with E-state index in [0.717, 1.165) is 0 Å². The molecule has 1 rings (SSSR count). The molecule has 3 nitrogen and oxygen atoms in total. The molecule has 0 aromatic heterocycles. The summed E-state index contributed by atoms with van der Waals surface area (Å²) >= 11 is 0. The minimum Gasteiger partial charge on any atom is -0.458 e. The van der Waals surface area contributed by atoms with Crippen LogP contribution in [0.25, 0.3) is 0 Å². The summed E-state index contributed by atoms with van der Waals surface area (Å²) in [4.78, 5) is 12.0. The van der Waals surface area contributed by atoms with E-state index in [4.69, 9.17) is 4.74 Å². The first-order valence-corrected chi connectivity index (χ1v) is 6.25. The summed E-state index contributed by atoms with van der Waals surface area (Å²) in [5.74, 6) is -0.337. The third kappa shape index (κ3) is 4.49. The van der Waals surface area contributed by atoms with Crippen molar-refractivity contribution in [2.45, 2.75) is 46.3 Å². The van der Waals surface area contributed by atoms with Gasteiger partial charge in [0.05, 0.1) is 11.7 Å². The highest BCUT2D eigenvalue weighted by Gasteiger charge is 2.29. The number of benzene rings is 1. The molecule has 0 unspecified atom stereocenters. The lowest BCUT2D eigenvalue weighted by Crippen LogP contribution is -2.34. The number of rotatable bonds is 4. The van der Waals surface area contributed by atoms with Gasteiger partial charge in [0.15, 0.2) is 0 Å². The molecule has 0 fully saturated rings.